The first-order valence-electron chi connectivity index (χ1n) is 8.13. The molecule has 0 aromatic carbocycles. The molecule has 232 valence electrons. The Labute approximate surface area is 236 Å². The Bertz CT molecular complexity index is 1110. The molecule has 0 bridgehead atoms. The van der Waals surface area contributed by atoms with Crippen molar-refractivity contribution in [3.63, 3.8) is 0 Å². The molecule has 0 spiro atoms. The zero-order chi connectivity index (χ0) is 29.6. The van der Waals surface area contributed by atoms with Crippen LogP contribution >= 0.6 is 46.9 Å². The van der Waals surface area contributed by atoms with E-state index in [1.54, 1.807) is 0 Å². The molecule has 0 amide bonds. The Kier molecular flexibility index (Phi) is 15.5. The van der Waals surface area contributed by atoms with E-state index in [-0.39, 0.29) is 35.0 Å². The van der Waals surface area contributed by atoms with Crippen molar-refractivity contribution in [1.82, 2.24) is 0 Å². The summed E-state index contributed by atoms with van der Waals surface area (Å²) < 4.78 is 88.7. The zero-order valence-corrected chi connectivity index (χ0v) is 22.6. The number of aliphatic hydroxyl groups excluding tert-OH is 5. The molecule has 5 unspecified atom stereocenters. The molecule has 1 rings (SSSR count). The van der Waals surface area contributed by atoms with Crippen molar-refractivity contribution in [3.05, 3.63) is 0 Å². The summed E-state index contributed by atoms with van der Waals surface area (Å²) in [7, 11) is -38.3. The van der Waals surface area contributed by atoms with Crippen molar-refractivity contribution in [3.8, 4) is 0 Å². The molecule has 0 heterocycles. The van der Waals surface area contributed by atoms with Crippen LogP contribution in [-0.4, -0.2) is 136 Å². The summed E-state index contributed by atoms with van der Waals surface area (Å²) in [4.78, 5) is 62.9. The Morgan fingerprint density at radius 2 is 0.744 bits per heavy atom. The molecule has 1 aliphatic rings. The first-order valence-corrected chi connectivity index (χ1v) is 17.1. The normalized spacial score (nSPS) is 35.5. The summed E-state index contributed by atoms with van der Waals surface area (Å²) in [5, 5.41) is 57.9. The fourth-order valence-electron chi connectivity index (χ4n) is 2.26. The van der Waals surface area contributed by atoms with Crippen molar-refractivity contribution >= 4 is 76.5 Å². The topological polar surface area (TPSA) is 452 Å². The van der Waals surface area contributed by atoms with Gasteiger partial charge in [0, 0.05) is 0 Å². The molecular weight excluding hydrogens is 697 g/mol. The maximum absolute atomic E-state index is 12.0. The van der Waals surface area contributed by atoms with Crippen LogP contribution < -0.4 is 0 Å². The number of hydrogen-bond donors (Lipinski definition) is 13. The van der Waals surface area contributed by atoms with Crippen molar-refractivity contribution in [2.45, 2.75) is 36.3 Å². The van der Waals surface area contributed by atoms with Crippen LogP contribution in [-0.2, 0) is 53.5 Å². The van der Waals surface area contributed by atoms with Gasteiger partial charge in [0.1, 0.15) is 30.5 Å². The fraction of sp³-hybridized carbons (Fsp3) is 1.00. The van der Waals surface area contributed by atoms with Gasteiger partial charge in [0.05, 0.1) is 0 Å². The van der Waals surface area contributed by atoms with Crippen molar-refractivity contribution in [2.75, 3.05) is 0 Å². The van der Waals surface area contributed by atoms with Gasteiger partial charge >= 0.3 is 76.5 Å². The fourth-order valence-corrected chi connectivity index (χ4v) is 9.78. The number of hydrogen-bond acceptors (Lipinski definition) is 18. The SMILES string of the molecule is O.O=P(O)(O)OP(=O)(O)OP(=O)(O)OP(=O)(O)OP(=O)(O)OP(=O)(O)O[C@]1(O)[C@H](O)[C@H](O)[C@@H](O)[C@H](O)[C@H]1O.[NaH]. The van der Waals surface area contributed by atoms with E-state index in [0.29, 0.717) is 0 Å². The molecule has 0 radical (unpaired) electrons. The average molecular weight is 718 g/mol. The van der Waals surface area contributed by atoms with Gasteiger partial charge in [-0.25, -0.2) is 31.9 Å². The van der Waals surface area contributed by atoms with Crippen LogP contribution in [0.1, 0.15) is 0 Å². The van der Waals surface area contributed by atoms with Gasteiger partial charge in [0.25, 0.3) is 0 Å². The van der Waals surface area contributed by atoms with Gasteiger partial charge in [0.2, 0.25) is 5.79 Å². The molecule has 0 aliphatic heterocycles. The summed E-state index contributed by atoms with van der Waals surface area (Å²) in [6, 6.07) is 0. The molecule has 0 aromatic rings. The second-order valence-corrected chi connectivity index (χ2v) is 15.6. The Morgan fingerprint density at radius 1 is 0.487 bits per heavy atom. The summed E-state index contributed by atoms with van der Waals surface area (Å²) in [5.41, 5.74) is 0. The zero-order valence-electron chi connectivity index (χ0n) is 17.3. The third-order valence-corrected chi connectivity index (χ3v) is 12.3. The quantitative estimate of drug-likeness (QED) is 0.0509. The molecule has 33 heteroatoms. The third-order valence-electron chi connectivity index (χ3n) is 3.49. The van der Waals surface area contributed by atoms with E-state index >= 15 is 0 Å². The molecule has 1 fully saturated rings. The first-order chi connectivity index (χ1) is 16.0. The van der Waals surface area contributed by atoms with Crippen LogP contribution in [0, 0.1) is 0 Å². The Balaban J connectivity index is 0. The van der Waals surface area contributed by atoms with Crippen LogP contribution in [0.25, 0.3) is 0 Å². The van der Waals surface area contributed by atoms with E-state index in [1.165, 1.54) is 0 Å². The molecule has 0 aromatic heterocycles. The van der Waals surface area contributed by atoms with E-state index < -0.39 is 83.2 Å². The van der Waals surface area contributed by atoms with E-state index in [0.717, 1.165) is 0 Å². The van der Waals surface area contributed by atoms with Gasteiger partial charge in [-0.1, -0.05) is 0 Å². The molecule has 39 heavy (non-hydrogen) atoms. The summed E-state index contributed by atoms with van der Waals surface area (Å²) in [5.74, 6) is -3.96. The predicted octanol–water partition coefficient (Wildman–Crippen LogP) is -5.29. The van der Waals surface area contributed by atoms with E-state index in [4.69, 9.17) is 19.6 Å². The van der Waals surface area contributed by atoms with Crippen LogP contribution in [0.3, 0.4) is 0 Å². The van der Waals surface area contributed by atoms with Crippen molar-refractivity contribution < 1.29 is 124 Å². The van der Waals surface area contributed by atoms with E-state index in [1.807, 2.05) is 0 Å². The minimum absolute atomic E-state index is 0. The average Bonchev–Trinajstić information content (AvgIpc) is 2.56. The number of phosphoric ester groups is 1. The number of rotatable bonds is 12. The number of phosphoric acid groups is 6. The van der Waals surface area contributed by atoms with Gasteiger partial charge in [-0.3, -0.25) is 0 Å². The van der Waals surface area contributed by atoms with Gasteiger partial charge in [-0.2, -0.15) is 21.6 Å². The molecule has 15 N–H and O–H groups in total. The predicted molar refractivity (Wildman–Crippen MR) is 113 cm³/mol. The molecular formula is C6H21NaO26P6. The molecule has 0 saturated heterocycles. The summed E-state index contributed by atoms with van der Waals surface area (Å²) in [6.45, 7) is 0. The summed E-state index contributed by atoms with van der Waals surface area (Å²) in [6.07, 6.45) is -13.5. The second kappa shape index (κ2) is 14.1. The molecule has 1 aliphatic carbocycles. The van der Waals surface area contributed by atoms with Crippen LogP contribution in [0.15, 0.2) is 0 Å². The van der Waals surface area contributed by atoms with Crippen molar-refractivity contribution in [2.24, 2.45) is 0 Å². The molecule has 26 nitrogen and oxygen atoms in total. The van der Waals surface area contributed by atoms with Gasteiger partial charge < -0.3 is 70.4 Å². The second-order valence-electron chi connectivity index (χ2n) is 6.45. The molecule has 1 saturated carbocycles. The molecule has 11 atom stereocenters. The maximum atomic E-state index is 12.0. The van der Waals surface area contributed by atoms with E-state index in [9.17, 15) is 72.7 Å². The van der Waals surface area contributed by atoms with Crippen LogP contribution in [0.2, 0.25) is 0 Å². The monoisotopic (exact) mass is 718 g/mol. The standard InChI is InChI=1S/C6H18O25P6.Na.H2O.H/c7-1-2(8)4(10)6(12,5(11)3(1)9)26-33(16,17)28-35(20,21)30-37(24,25)31-36(22,23)29-34(18,19)27-32(13,14)15;;;/h1-5,7-12H,(H,16,17)(H,18,19)(H,20,21)(H,22,23)(H,24,25)(H2,13,14,15);;1H2;/t1-,2-,3+,4-,5-,6-;;;/m1.../s1. The van der Waals surface area contributed by atoms with Gasteiger partial charge in [-0.05, 0) is 0 Å². The van der Waals surface area contributed by atoms with Gasteiger partial charge in [-0.15, -0.1) is 0 Å². The van der Waals surface area contributed by atoms with Crippen molar-refractivity contribution in [1.29, 1.82) is 0 Å². The van der Waals surface area contributed by atoms with Crippen LogP contribution in [0.4, 0.5) is 0 Å². The summed E-state index contributed by atoms with van der Waals surface area (Å²) >= 11 is 0. The first kappa shape index (κ1) is 42.7. The van der Waals surface area contributed by atoms with E-state index in [2.05, 4.69) is 26.1 Å². The third kappa shape index (κ3) is 13.0. The number of aliphatic hydroxyl groups is 6. The van der Waals surface area contributed by atoms with Crippen LogP contribution in [0.5, 0.6) is 0 Å². The van der Waals surface area contributed by atoms with Gasteiger partial charge in [0.15, 0.2) is 0 Å². The minimum atomic E-state index is -6.59. The Hall–Kier alpha value is 1.58. The Morgan fingerprint density at radius 3 is 1.03 bits per heavy atom.